The SMILES string of the molecule is CCC(C)([NH3+])CCC[CH+]C(C)CCC(C)O. The molecule has 0 aromatic rings. The third kappa shape index (κ3) is 9.05. The molecule has 0 radical (unpaired) electrons. The van der Waals surface area contributed by atoms with E-state index in [0.29, 0.717) is 5.92 Å². The summed E-state index contributed by atoms with van der Waals surface area (Å²) in [4.78, 5) is 0. The van der Waals surface area contributed by atoms with Crippen molar-refractivity contribution in [3.8, 4) is 0 Å². The van der Waals surface area contributed by atoms with E-state index in [9.17, 15) is 5.11 Å². The molecular formula is C14H31NO+2. The van der Waals surface area contributed by atoms with Crippen molar-refractivity contribution in [2.45, 2.75) is 77.9 Å². The Morgan fingerprint density at radius 3 is 2.44 bits per heavy atom. The summed E-state index contributed by atoms with van der Waals surface area (Å²) in [7, 11) is 0. The van der Waals surface area contributed by atoms with E-state index >= 15 is 0 Å². The summed E-state index contributed by atoms with van der Waals surface area (Å²) >= 11 is 0. The number of hydrogen-bond acceptors (Lipinski definition) is 1. The van der Waals surface area contributed by atoms with Crippen LogP contribution in [0.15, 0.2) is 0 Å². The summed E-state index contributed by atoms with van der Waals surface area (Å²) in [6, 6.07) is 0. The van der Waals surface area contributed by atoms with Crippen molar-refractivity contribution < 1.29 is 10.8 Å². The normalized spacial score (nSPS) is 18.9. The fourth-order valence-electron chi connectivity index (χ4n) is 1.73. The second kappa shape index (κ2) is 7.97. The highest BCUT2D eigenvalue weighted by molar-refractivity contribution is 4.76. The van der Waals surface area contributed by atoms with Crippen molar-refractivity contribution >= 4 is 0 Å². The van der Waals surface area contributed by atoms with Crippen molar-refractivity contribution in [3.05, 3.63) is 6.42 Å². The van der Waals surface area contributed by atoms with Gasteiger partial charge >= 0.3 is 0 Å². The lowest BCUT2D eigenvalue weighted by Gasteiger charge is -2.17. The topological polar surface area (TPSA) is 47.9 Å². The predicted octanol–water partition coefficient (Wildman–Crippen LogP) is 2.57. The van der Waals surface area contributed by atoms with Crippen LogP contribution in [0.25, 0.3) is 0 Å². The van der Waals surface area contributed by atoms with Crippen molar-refractivity contribution in [3.63, 3.8) is 0 Å². The van der Waals surface area contributed by atoms with Crippen LogP contribution in [-0.2, 0) is 0 Å². The van der Waals surface area contributed by atoms with Gasteiger partial charge < -0.3 is 10.8 Å². The fraction of sp³-hybridized carbons (Fsp3) is 0.929. The largest absolute Gasteiger partial charge is 0.393 e. The van der Waals surface area contributed by atoms with Crippen LogP contribution < -0.4 is 5.73 Å². The van der Waals surface area contributed by atoms with Crippen molar-refractivity contribution in [2.75, 3.05) is 0 Å². The Hall–Kier alpha value is -0.210. The molecule has 0 aliphatic carbocycles. The van der Waals surface area contributed by atoms with Gasteiger partial charge in [-0.05, 0) is 46.5 Å². The van der Waals surface area contributed by atoms with Gasteiger partial charge in [0.1, 0.15) is 0 Å². The van der Waals surface area contributed by atoms with E-state index in [4.69, 9.17) is 0 Å². The van der Waals surface area contributed by atoms with Crippen LogP contribution in [0, 0.1) is 12.3 Å². The minimum absolute atomic E-state index is 0.154. The van der Waals surface area contributed by atoms with E-state index in [1.807, 2.05) is 6.92 Å². The molecule has 0 heterocycles. The third-order valence-electron chi connectivity index (χ3n) is 3.45. The molecule has 0 aliphatic heterocycles. The standard InChI is InChI=1S/C14H30NO/c1-5-14(4,15)11-7-6-8-12(2)9-10-13(3)16/h8,12-13,16H,5-7,9-11,15H2,1-4H3/q+1/p+1. The molecule has 0 aromatic heterocycles. The molecule has 16 heavy (non-hydrogen) atoms. The number of rotatable bonds is 9. The molecule has 0 aromatic carbocycles. The van der Waals surface area contributed by atoms with Gasteiger partial charge in [0, 0.05) is 6.42 Å². The Labute approximate surface area is 102 Å². The number of unbranched alkanes of at least 4 members (excludes halogenated alkanes) is 1. The first-order valence-corrected chi connectivity index (χ1v) is 6.74. The van der Waals surface area contributed by atoms with E-state index < -0.39 is 0 Å². The lowest BCUT2D eigenvalue weighted by Crippen LogP contribution is -2.70. The first-order valence-electron chi connectivity index (χ1n) is 6.74. The van der Waals surface area contributed by atoms with E-state index in [0.717, 1.165) is 19.3 Å². The molecule has 0 saturated heterocycles. The average Bonchev–Trinajstić information content (AvgIpc) is 2.21. The number of quaternary nitrogens is 1. The lowest BCUT2D eigenvalue weighted by molar-refractivity contribution is -0.474. The highest BCUT2D eigenvalue weighted by atomic mass is 16.3. The van der Waals surface area contributed by atoms with Gasteiger partial charge in [-0.1, -0.05) is 6.92 Å². The number of hydrogen-bond donors (Lipinski definition) is 2. The van der Waals surface area contributed by atoms with Crippen LogP contribution in [0.3, 0.4) is 0 Å². The maximum Gasteiger partial charge on any atom is 0.0950 e. The molecule has 2 nitrogen and oxygen atoms in total. The van der Waals surface area contributed by atoms with Crippen molar-refractivity contribution in [2.24, 2.45) is 5.92 Å². The Kier molecular flexibility index (Phi) is 7.86. The summed E-state index contributed by atoms with van der Waals surface area (Å²) < 4.78 is 0. The quantitative estimate of drug-likeness (QED) is 0.463. The zero-order valence-electron chi connectivity index (χ0n) is 11.6. The Bertz CT molecular complexity index is 166. The maximum absolute atomic E-state index is 9.19. The van der Waals surface area contributed by atoms with E-state index in [1.165, 1.54) is 19.3 Å². The van der Waals surface area contributed by atoms with E-state index in [2.05, 4.69) is 32.9 Å². The molecule has 4 N–H and O–H groups in total. The zero-order chi connectivity index (χ0) is 12.6. The number of aliphatic hydroxyl groups excluding tert-OH is 1. The third-order valence-corrected chi connectivity index (χ3v) is 3.45. The van der Waals surface area contributed by atoms with Gasteiger partial charge in [-0.15, -0.1) is 0 Å². The first-order chi connectivity index (χ1) is 7.37. The van der Waals surface area contributed by atoms with Gasteiger partial charge in [0.15, 0.2) is 0 Å². The fourth-order valence-corrected chi connectivity index (χ4v) is 1.73. The molecule has 96 valence electrons. The molecular weight excluding hydrogens is 198 g/mol. The van der Waals surface area contributed by atoms with Crippen LogP contribution in [-0.4, -0.2) is 16.7 Å². The smallest absolute Gasteiger partial charge is 0.0950 e. The van der Waals surface area contributed by atoms with E-state index in [1.54, 1.807) is 0 Å². The molecule has 0 bridgehead atoms. The van der Waals surface area contributed by atoms with Crippen LogP contribution in [0.5, 0.6) is 0 Å². The minimum Gasteiger partial charge on any atom is -0.393 e. The molecule has 0 spiro atoms. The van der Waals surface area contributed by atoms with Crippen LogP contribution in [0.1, 0.15) is 66.2 Å². The number of aliphatic hydroxyl groups is 1. The molecule has 0 fully saturated rings. The second-order valence-corrected chi connectivity index (χ2v) is 5.70. The monoisotopic (exact) mass is 229 g/mol. The second-order valence-electron chi connectivity index (χ2n) is 5.70. The van der Waals surface area contributed by atoms with Crippen LogP contribution in [0.4, 0.5) is 0 Å². The Morgan fingerprint density at radius 1 is 1.31 bits per heavy atom. The van der Waals surface area contributed by atoms with Gasteiger partial charge in [-0.2, -0.15) is 0 Å². The maximum atomic E-state index is 9.19. The van der Waals surface area contributed by atoms with Crippen LogP contribution in [0.2, 0.25) is 0 Å². The Morgan fingerprint density at radius 2 is 1.94 bits per heavy atom. The highest BCUT2D eigenvalue weighted by Crippen LogP contribution is 2.18. The molecule has 0 saturated carbocycles. The summed E-state index contributed by atoms with van der Waals surface area (Å²) in [6.07, 6.45) is 9.06. The summed E-state index contributed by atoms with van der Waals surface area (Å²) in [5.74, 6) is 0.632. The molecule has 3 unspecified atom stereocenters. The summed E-state index contributed by atoms with van der Waals surface area (Å²) in [6.45, 7) is 8.56. The zero-order valence-corrected chi connectivity index (χ0v) is 11.6. The van der Waals surface area contributed by atoms with Gasteiger partial charge in [-0.25, -0.2) is 0 Å². The predicted molar refractivity (Wildman–Crippen MR) is 69.8 cm³/mol. The molecule has 3 atom stereocenters. The van der Waals surface area contributed by atoms with E-state index in [-0.39, 0.29) is 11.6 Å². The Balaban J connectivity index is 3.44. The molecule has 0 rings (SSSR count). The van der Waals surface area contributed by atoms with Gasteiger partial charge in [0.05, 0.1) is 30.4 Å². The molecule has 2 heteroatoms. The van der Waals surface area contributed by atoms with Gasteiger partial charge in [-0.3, -0.25) is 0 Å². The average molecular weight is 229 g/mol. The van der Waals surface area contributed by atoms with Crippen molar-refractivity contribution in [1.29, 1.82) is 0 Å². The van der Waals surface area contributed by atoms with Crippen LogP contribution >= 0.6 is 0 Å². The van der Waals surface area contributed by atoms with Crippen molar-refractivity contribution in [1.82, 2.24) is 0 Å². The van der Waals surface area contributed by atoms with Gasteiger partial charge in [0.25, 0.3) is 0 Å². The summed E-state index contributed by atoms with van der Waals surface area (Å²) in [5, 5.41) is 9.19. The first kappa shape index (κ1) is 15.8. The molecule has 0 aliphatic rings. The summed E-state index contributed by atoms with van der Waals surface area (Å²) in [5.41, 5.74) is 4.48. The lowest BCUT2D eigenvalue weighted by atomic mass is 9.91. The highest BCUT2D eigenvalue weighted by Gasteiger charge is 2.20. The van der Waals surface area contributed by atoms with Gasteiger partial charge in [0.2, 0.25) is 0 Å². The molecule has 0 amide bonds. The minimum atomic E-state index is -0.154.